The van der Waals surface area contributed by atoms with Crippen LogP contribution in [0.15, 0.2) is 79.1 Å². The van der Waals surface area contributed by atoms with Crippen LogP contribution in [0.2, 0.25) is 0 Å². The summed E-state index contributed by atoms with van der Waals surface area (Å²) >= 11 is 0. The molecule has 0 amide bonds. The van der Waals surface area contributed by atoms with Gasteiger partial charge in [0, 0.05) is 25.5 Å². The van der Waals surface area contributed by atoms with Crippen LogP contribution in [0.5, 0.6) is 5.75 Å². The lowest BCUT2D eigenvalue weighted by Crippen LogP contribution is -2.12. The summed E-state index contributed by atoms with van der Waals surface area (Å²) in [5, 5.41) is 3.44. The van der Waals surface area contributed by atoms with E-state index in [1.54, 1.807) is 0 Å². The van der Waals surface area contributed by atoms with Crippen LogP contribution >= 0.6 is 0 Å². The summed E-state index contributed by atoms with van der Waals surface area (Å²) in [6, 6.07) is 22.5. The molecule has 0 saturated heterocycles. The summed E-state index contributed by atoms with van der Waals surface area (Å²) in [6.07, 6.45) is 3.63. The predicted molar refractivity (Wildman–Crippen MR) is 92.0 cm³/mol. The van der Waals surface area contributed by atoms with Crippen molar-refractivity contribution in [2.24, 2.45) is 0 Å². The molecule has 23 heavy (non-hydrogen) atoms. The Hall–Kier alpha value is -2.65. The monoisotopic (exact) mass is 304 g/mol. The van der Waals surface area contributed by atoms with Gasteiger partial charge in [-0.15, -0.1) is 0 Å². The smallest absolute Gasteiger partial charge is 0.120 e. The average molecular weight is 304 g/mol. The number of benzene rings is 2. The maximum atomic E-state index is 5.86. The second-order valence-corrected chi connectivity index (χ2v) is 5.38. The van der Waals surface area contributed by atoms with Crippen LogP contribution in [0.1, 0.15) is 16.7 Å². The Morgan fingerprint density at radius 1 is 0.739 bits per heavy atom. The van der Waals surface area contributed by atoms with Gasteiger partial charge < -0.3 is 10.1 Å². The van der Waals surface area contributed by atoms with E-state index < -0.39 is 0 Å². The molecule has 3 nitrogen and oxygen atoms in total. The molecule has 0 fully saturated rings. The van der Waals surface area contributed by atoms with E-state index in [9.17, 15) is 0 Å². The van der Waals surface area contributed by atoms with Crippen molar-refractivity contribution in [3.8, 4) is 5.75 Å². The van der Waals surface area contributed by atoms with Gasteiger partial charge >= 0.3 is 0 Å². The number of nitrogens with one attached hydrogen (secondary N) is 1. The number of hydrogen-bond acceptors (Lipinski definition) is 3. The van der Waals surface area contributed by atoms with Gasteiger partial charge in [-0.3, -0.25) is 4.98 Å². The Labute approximate surface area is 137 Å². The third kappa shape index (κ3) is 4.94. The van der Waals surface area contributed by atoms with E-state index in [1.807, 2.05) is 54.9 Å². The molecule has 0 aliphatic rings. The highest BCUT2D eigenvalue weighted by molar-refractivity contribution is 5.29. The highest BCUT2D eigenvalue weighted by Gasteiger charge is 1.99. The van der Waals surface area contributed by atoms with Gasteiger partial charge in [-0.1, -0.05) is 42.5 Å². The molecule has 0 spiro atoms. The predicted octanol–water partition coefficient (Wildman–Crippen LogP) is 3.95. The molecule has 0 saturated carbocycles. The van der Waals surface area contributed by atoms with E-state index in [0.717, 1.165) is 18.8 Å². The van der Waals surface area contributed by atoms with Gasteiger partial charge in [-0.25, -0.2) is 0 Å². The summed E-state index contributed by atoms with van der Waals surface area (Å²) in [4.78, 5) is 4.02. The number of rotatable bonds is 7. The van der Waals surface area contributed by atoms with E-state index in [2.05, 4.69) is 34.6 Å². The normalized spacial score (nSPS) is 10.4. The van der Waals surface area contributed by atoms with Gasteiger partial charge in [0.05, 0.1) is 0 Å². The highest BCUT2D eigenvalue weighted by atomic mass is 16.5. The first kappa shape index (κ1) is 15.3. The van der Waals surface area contributed by atoms with Crippen LogP contribution < -0.4 is 10.1 Å². The standard InChI is InChI=1S/C20H20N2O/c1-2-5-18(6-3-1)16-23-20-8-4-7-19(13-20)15-22-14-17-9-11-21-12-10-17/h1-13,22H,14-16H2. The lowest BCUT2D eigenvalue weighted by atomic mass is 10.2. The molecule has 0 aliphatic heterocycles. The number of hydrogen-bond donors (Lipinski definition) is 1. The quantitative estimate of drug-likeness (QED) is 0.717. The van der Waals surface area contributed by atoms with Gasteiger partial charge in [0.25, 0.3) is 0 Å². The second kappa shape index (κ2) is 8.11. The minimum absolute atomic E-state index is 0.592. The van der Waals surface area contributed by atoms with E-state index in [4.69, 9.17) is 4.74 Å². The molecule has 0 bridgehead atoms. The van der Waals surface area contributed by atoms with Crippen LogP contribution in [0.3, 0.4) is 0 Å². The van der Waals surface area contributed by atoms with Crippen LogP contribution in [-0.2, 0) is 19.7 Å². The molecular weight excluding hydrogens is 284 g/mol. The van der Waals surface area contributed by atoms with E-state index in [-0.39, 0.29) is 0 Å². The number of nitrogens with zero attached hydrogens (tertiary/aromatic N) is 1. The van der Waals surface area contributed by atoms with Crippen LogP contribution in [-0.4, -0.2) is 4.98 Å². The maximum Gasteiger partial charge on any atom is 0.120 e. The topological polar surface area (TPSA) is 34.1 Å². The van der Waals surface area contributed by atoms with Gasteiger partial charge in [-0.05, 0) is 41.0 Å². The molecule has 1 aromatic heterocycles. The Bertz CT molecular complexity index is 714. The lowest BCUT2D eigenvalue weighted by Gasteiger charge is -2.09. The number of pyridine rings is 1. The fourth-order valence-corrected chi connectivity index (χ4v) is 2.34. The summed E-state index contributed by atoms with van der Waals surface area (Å²) in [6.45, 7) is 2.23. The maximum absolute atomic E-state index is 5.86. The third-order valence-corrected chi connectivity index (χ3v) is 3.55. The first-order chi connectivity index (χ1) is 11.4. The van der Waals surface area contributed by atoms with Crippen molar-refractivity contribution >= 4 is 0 Å². The zero-order valence-corrected chi connectivity index (χ0v) is 13.0. The summed E-state index contributed by atoms with van der Waals surface area (Å²) in [5.74, 6) is 0.900. The molecular formula is C20H20N2O. The molecule has 0 atom stereocenters. The molecule has 0 radical (unpaired) electrons. The average Bonchev–Trinajstić information content (AvgIpc) is 2.62. The third-order valence-electron chi connectivity index (χ3n) is 3.55. The van der Waals surface area contributed by atoms with Crippen molar-refractivity contribution in [3.63, 3.8) is 0 Å². The van der Waals surface area contributed by atoms with Crippen LogP contribution in [0.25, 0.3) is 0 Å². The summed E-state index contributed by atoms with van der Waals surface area (Å²) < 4.78 is 5.86. The SMILES string of the molecule is c1ccc(COc2cccc(CNCc3ccncc3)c2)cc1. The van der Waals surface area contributed by atoms with E-state index in [1.165, 1.54) is 16.7 Å². The second-order valence-electron chi connectivity index (χ2n) is 5.38. The fourth-order valence-electron chi connectivity index (χ4n) is 2.34. The molecule has 3 rings (SSSR count). The zero-order chi connectivity index (χ0) is 15.7. The van der Waals surface area contributed by atoms with Gasteiger partial charge in [0.1, 0.15) is 12.4 Å². The number of aromatic nitrogens is 1. The van der Waals surface area contributed by atoms with E-state index >= 15 is 0 Å². The molecule has 116 valence electrons. The first-order valence-corrected chi connectivity index (χ1v) is 7.75. The van der Waals surface area contributed by atoms with E-state index in [0.29, 0.717) is 6.61 Å². The van der Waals surface area contributed by atoms with Crippen LogP contribution in [0, 0.1) is 0 Å². The largest absolute Gasteiger partial charge is 0.489 e. The van der Waals surface area contributed by atoms with Gasteiger partial charge in [0.2, 0.25) is 0 Å². The molecule has 3 heteroatoms. The minimum Gasteiger partial charge on any atom is -0.489 e. The minimum atomic E-state index is 0.592. The van der Waals surface area contributed by atoms with Gasteiger partial charge in [0.15, 0.2) is 0 Å². The number of ether oxygens (including phenoxy) is 1. The Kier molecular flexibility index (Phi) is 5.38. The van der Waals surface area contributed by atoms with Crippen molar-refractivity contribution in [1.82, 2.24) is 10.3 Å². The molecule has 2 aromatic carbocycles. The van der Waals surface area contributed by atoms with Gasteiger partial charge in [-0.2, -0.15) is 0 Å². The van der Waals surface area contributed by atoms with Crippen molar-refractivity contribution in [2.45, 2.75) is 19.7 Å². The first-order valence-electron chi connectivity index (χ1n) is 7.75. The Morgan fingerprint density at radius 2 is 1.48 bits per heavy atom. The summed E-state index contributed by atoms with van der Waals surface area (Å²) in [7, 11) is 0. The van der Waals surface area contributed by atoms with Crippen molar-refractivity contribution in [2.75, 3.05) is 0 Å². The fraction of sp³-hybridized carbons (Fsp3) is 0.150. The molecule has 3 aromatic rings. The molecule has 0 aliphatic carbocycles. The highest BCUT2D eigenvalue weighted by Crippen LogP contribution is 2.15. The molecule has 1 heterocycles. The Balaban J connectivity index is 1.51. The van der Waals surface area contributed by atoms with Crippen LogP contribution in [0.4, 0.5) is 0 Å². The lowest BCUT2D eigenvalue weighted by molar-refractivity contribution is 0.306. The summed E-state index contributed by atoms with van der Waals surface area (Å²) in [5.41, 5.74) is 3.62. The van der Waals surface area contributed by atoms with Crippen molar-refractivity contribution < 1.29 is 4.74 Å². The van der Waals surface area contributed by atoms with Crippen molar-refractivity contribution in [1.29, 1.82) is 0 Å². The Morgan fingerprint density at radius 3 is 2.30 bits per heavy atom. The van der Waals surface area contributed by atoms with Crippen molar-refractivity contribution in [3.05, 3.63) is 95.8 Å². The molecule has 0 unspecified atom stereocenters. The zero-order valence-electron chi connectivity index (χ0n) is 13.0. The molecule has 1 N–H and O–H groups in total.